The first-order valence-corrected chi connectivity index (χ1v) is 5.95. The number of aryl methyl sites for hydroxylation is 2. The van der Waals surface area contributed by atoms with E-state index < -0.39 is 0 Å². The molecule has 2 aromatic heterocycles. The Labute approximate surface area is 110 Å². The van der Waals surface area contributed by atoms with E-state index in [4.69, 9.17) is 10.2 Å². The third-order valence-electron chi connectivity index (χ3n) is 3.05. The summed E-state index contributed by atoms with van der Waals surface area (Å²) in [5.41, 5.74) is 9.73. The monoisotopic (exact) mass is 254 g/mol. The summed E-state index contributed by atoms with van der Waals surface area (Å²) in [7, 11) is 1.82. The Morgan fingerprint density at radius 2 is 1.84 bits per heavy atom. The van der Waals surface area contributed by atoms with E-state index in [9.17, 15) is 0 Å². The number of benzene rings is 1. The van der Waals surface area contributed by atoms with Crippen molar-refractivity contribution in [1.29, 1.82) is 0 Å². The average molecular weight is 254 g/mol. The van der Waals surface area contributed by atoms with Crippen molar-refractivity contribution in [1.82, 2.24) is 14.8 Å². The third kappa shape index (κ3) is 1.99. The van der Waals surface area contributed by atoms with Crippen molar-refractivity contribution in [3.05, 3.63) is 42.4 Å². The van der Waals surface area contributed by atoms with Gasteiger partial charge in [-0.1, -0.05) is 12.1 Å². The molecule has 2 heterocycles. The zero-order chi connectivity index (χ0) is 13.4. The number of rotatable bonds is 2. The summed E-state index contributed by atoms with van der Waals surface area (Å²) >= 11 is 0. The molecule has 0 bridgehead atoms. The molecule has 0 radical (unpaired) electrons. The molecule has 96 valence electrons. The zero-order valence-electron chi connectivity index (χ0n) is 10.8. The van der Waals surface area contributed by atoms with Gasteiger partial charge in [-0.25, -0.2) is 4.98 Å². The van der Waals surface area contributed by atoms with Crippen LogP contribution >= 0.6 is 0 Å². The molecule has 3 rings (SSSR count). The number of aromatic nitrogens is 3. The maximum absolute atomic E-state index is 5.96. The summed E-state index contributed by atoms with van der Waals surface area (Å²) in [5.74, 6) is 1.28. The second-order valence-corrected chi connectivity index (χ2v) is 4.44. The van der Waals surface area contributed by atoms with Crippen LogP contribution < -0.4 is 5.73 Å². The molecule has 1 aromatic carbocycles. The summed E-state index contributed by atoms with van der Waals surface area (Å²) in [6.45, 7) is 1.90. The van der Waals surface area contributed by atoms with Crippen molar-refractivity contribution in [3.63, 3.8) is 0 Å². The number of nitrogen functional groups attached to an aromatic ring is 1. The van der Waals surface area contributed by atoms with E-state index in [0.29, 0.717) is 11.7 Å². The van der Waals surface area contributed by atoms with Crippen molar-refractivity contribution in [2.75, 3.05) is 5.73 Å². The maximum Gasteiger partial charge on any atom is 0.226 e. The number of oxazole rings is 1. The van der Waals surface area contributed by atoms with E-state index in [1.54, 1.807) is 17.1 Å². The van der Waals surface area contributed by atoms with Gasteiger partial charge in [0.15, 0.2) is 0 Å². The molecule has 0 spiro atoms. The van der Waals surface area contributed by atoms with Gasteiger partial charge in [-0.05, 0) is 24.6 Å². The highest BCUT2D eigenvalue weighted by molar-refractivity contribution is 5.75. The Hall–Kier alpha value is -2.56. The molecular weight excluding hydrogens is 240 g/mol. The second-order valence-electron chi connectivity index (χ2n) is 4.44. The lowest BCUT2D eigenvalue weighted by atomic mass is 10.1. The minimum atomic E-state index is 0.628. The molecule has 0 amide bonds. The summed E-state index contributed by atoms with van der Waals surface area (Å²) in [6.07, 6.45) is 3.40. The highest BCUT2D eigenvalue weighted by Crippen LogP contribution is 2.27. The van der Waals surface area contributed by atoms with Crippen LogP contribution in [0.1, 0.15) is 5.69 Å². The minimum Gasteiger partial charge on any atom is -0.444 e. The van der Waals surface area contributed by atoms with Crippen LogP contribution in [0.25, 0.3) is 22.6 Å². The van der Waals surface area contributed by atoms with Gasteiger partial charge in [0.1, 0.15) is 12.1 Å². The predicted octanol–water partition coefficient (Wildman–Crippen LogP) is 2.63. The first-order chi connectivity index (χ1) is 9.15. The average Bonchev–Trinajstić information content (AvgIpc) is 2.98. The van der Waals surface area contributed by atoms with E-state index in [2.05, 4.69) is 10.1 Å². The lowest BCUT2D eigenvalue weighted by Crippen LogP contribution is -1.97. The quantitative estimate of drug-likeness (QED) is 0.763. The fourth-order valence-electron chi connectivity index (χ4n) is 1.95. The summed E-state index contributed by atoms with van der Waals surface area (Å²) < 4.78 is 7.02. The van der Waals surface area contributed by atoms with Crippen molar-refractivity contribution in [2.24, 2.45) is 7.05 Å². The predicted molar refractivity (Wildman–Crippen MR) is 73.3 cm³/mol. The Kier molecular flexibility index (Phi) is 2.59. The van der Waals surface area contributed by atoms with Crippen LogP contribution in [0.3, 0.4) is 0 Å². The summed E-state index contributed by atoms with van der Waals surface area (Å²) in [6, 6.07) is 7.91. The van der Waals surface area contributed by atoms with Gasteiger partial charge in [-0.3, -0.25) is 4.68 Å². The number of hydrogen-bond acceptors (Lipinski definition) is 4. The molecule has 0 unspecified atom stereocenters. The molecule has 0 saturated carbocycles. The lowest BCUT2D eigenvalue weighted by Gasteiger charge is -2.02. The number of nitrogens with zero attached hydrogens (tertiary/aromatic N) is 3. The van der Waals surface area contributed by atoms with E-state index in [1.165, 1.54) is 0 Å². The highest BCUT2D eigenvalue weighted by atomic mass is 16.3. The molecule has 5 nitrogen and oxygen atoms in total. The normalized spacial score (nSPS) is 10.8. The standard InChI is InChI=1S/C14H14N4O/c1-9-8-19-14(17-9)11-5-3-10(4-6-11)12-7-16-18(2)13(12)15/h3-8H,15H2,1-2H3. The van der Waals surface area contributed by atoms with Gasteiger partial charge < -0.3 is 10.2 Å². The summed E-state index contributed by atoms with van der Waals surface area (Å²) in [5, 5.41) is 4.14. The number of hydrogen-bond donors (Lipinski definition) is 1. The van der Waals surface area contributed by atoms with Crippen LogP contribution in [0.15, 0.2) is 41.1 Å². The smallest absolute Gasteiger partial charge is 0.226 e. The Bertz CT molecular complexity index is 709. The molecule has 0 atom stereocenters. The molecule has 19 heavy (non-hydrogen) atoms. The molecule has 2 N–H and O–H groups in total. The van der Waals surface area contributed by atoms with Crippen molar-refractivity contribution < 1.29 is 4.42 Å². The molecule has 0 aliphatic rings. The van der Waals surface area contributed by atoms with Gasteiger partial charge in [0.25, 0.3) is 0 Å². The van der Waals surface area contributed by atoms with Crippen LogP contribution in [0, 0.1) is 6.92 Å². The van der Waals surface area contributed by atoms with Gasteiger partial charge in [-0.2, -0.15) is 5.10 Å². The topological polar surface area (TPSA) is 69.9 Å². The van der Waals surface area contributed by atoms with Gasteiger partial charge >= 0.3 is 0 Å². The van der Waals surface area contributed by atoms with Crippen molar-refractivity contribution >= 4 is 5.82 Å². The van der Waals surface area contributed by atoms with E-state index >= 15 is 0 Å². The minimum absolute atomic E-state index is 0.628. The lowest BCUT2D eigenvalue weighted by molar-refractivity contribution is 0.573. The number of nitrogens with two attached hydrogens (primary N) is 1. The van der Waals surface area contributed by atoms with E-state index in [0.717, 1.165) is 22.4 Å². The van der Waals surface area contributed by atoms with Gasteiger partial charge in [-0.15, -0.1) is 0 Å². The van der Waals surface area contributed by atoms with Gasteiger partial charge in [0.2, 0.25) is 5.89 Å². The van der Waals surface area contributed by atoms with E-state index in [1.807, 2.05) is 38.2 Å². The fraction of sp³-hybridized carbons (Fsp3) is 0.143. The SMILES string of the molecule is Cc1coc(-c2ccc(-c3cnn(C)c3N)cc2)n1. The van der Waals surface area contributed by atoms with Crippen LogP contribution in [0.4, 0.5) is 5.82 Å². The Morgan fingerprint density at radius 1 is 1.16 bits per heavy atom. The van der Waals surface area contributed by atoms with Crippen LogP contribution in [0.2, 0.25) is 0 Å². The van der Waals surface area contributed by atoms with Gasteiger partial charge in [0.05, 0.1) is 11.9 Å². The molecular formula is C14H14N4O. The fourth-order valence-corrected chi connectivity index (χ4v) is 1.95. The molecule has 5 heteroatoms. The largest absolute Gasteiger partial charge is 0.444 e. The highest BCUT2D eigenvalue weighted by Gasteiger charge is 2.09. The molecule has 0 fully saturated rings. The molecule has 3 aromatic rings. The van der Waals surface area contributed by atoms with Crippen molar-refractivity contribution in [3.8, 4) is 22.6 Å². The Morgan fingerprint density at radius 3 is 2.37 bits per heavy atom. The van der Waals surface area contributed by atoms with Crippen LogP contribution in [-0.4, -0.2) is 14.8 Å². The maximum atomic E-state index is 5.96. The molecule has 0 aliphatic heterocycles. The molecule has 0 saturated heterocycles. The van der Waals surface area contributed by atoms with Gasteiger partial charge in [0, 0.05) is 18.2 Å². The van der Waals surface area contributed by atoms with Crippen molar-refractivity contribution in [2.45, 2.75) is 6.92 Å². The summed E-state index contributed by atoms with van der Waals surface area (Å²) in [4.78, 5) is 4.30. The zero-order valence-corrected chi connectivity index (χ0v) is 10.8. The van der Waals surface area contributed by atoms with Crippen LogP contribution in [0.5, 0.6) is 0 Å². The van der Waals surface area contributed by atoms with Crippen LogP contribution in [-0.2, 0) is 7.05 Å². The third-order valence-corrected chi connectivity index (χ3v) is 3.05. The number of anilines is 1. The van der Waals surface area contributed by atoms with E-state index in [-0.39, 0.29) is 0 Å². The second kappa shape index (κ2) is 4.28. The Balaban J connectivity index is 1.97. The first-order valence-electron chi connectivity index (χ1n) is 5.95. The first kappa shape index (κ1) is 11.5. The molecule has 0 aliphatic carbocycles.